The van der Waals surface area contributed by atoms with E-state index in [1.807, 2.05) is 18.4 Å². The van der Waals surface area contributed by atoms with E-state index in [0.29, 0.717) is 12.1 Å². The van der Waals surface area contributed by atoms with Crippen LogP contribution in [0.3, 0.4) is 0 Å². The molecular weight excluding hydrogens is 244 g/mol. The molecule has 3 nitrogen and oxygen atoms in total. The highest BCUT2D eigenvalue weighted by Gasteiger charge is 2.22. The number of nitrogens with zero attached hydrogens (tertiary/aromatic N) is 1. The summed E-state index contributed by atoms with van der Waals surface area (Å²) in [6.45, 7) is 6.64. The van der Waals surface area contributed by atoms with Gasteiger partial charge in [0.25, 0.3) is 0 Å². The Kier molecular flexibility index (Phi) is 5.63. The lowest BCUT2D eigenvalue weighted by Gasteiger charge is -2.36. The van der Waals surface area contributed by atoms with Crippen molar-refractivity contribution in [1.29, 1.82) is 0 Å². The third kappa shape index (κ3) is 4.05. The quantitative estimate of drug-likeness (QED) is 0.857. The van der Waals surface area contributed by atoms with Gasteiger partial charge in [-0.1, -0.05) is 6.07 Å². The van der Waals surface area contributed by atoms with E-state index < -0.39 is 0 Å². The summed E-state index contributed by atoms with van der Waals surface area (Å²) in [4.78, 5) is 3.95. The monoisotopic (exact) mass is 268 g/mol. The second kappa shape index (κ2) is 7.24. The maximum atomic E-state index is 5.47. The van der Waals surface area contributed by atoms with Gasteiger partial charge in [-0.3, -0.25) is 4.90 Å². The number of likely N-dealkylation sites (tertiary alicyclic amines) is 1. The van der Waals surface area contributed by atoms with Gasteiger partial charge < -0.3 is 10.1 Å². The third-order valence-corrected chi connectivity index (χ3v) is 4.56. The molecule has 0 amide bonds. The molecule has 102 valence electrons. The first kappa shape index (κ1) is 14.0. The molecule has 2 unspecified atom stereocenters. The van der Waals surface area contributed by atoms with Crippen LogP contribution in [0.4, 0.5) is 0 Å². The number of hydrogen-bond acceptors (Lipinski definition) is 4. The van der Waals surface area contributed by atoms with Crippen molar-refractivity contribution in [2.24, 2.45) is 0 Å². The van der Waals surface area contributed by atoms with Crippen molar-refractivity contribution >= 4 is 11.3 Å². The minimum Gasteiger partial charge on any atom is -0.380 e. The summed E-state index contributed by atoms with van der Waals surface area (Å²) >= 11 is 1.82. The predicted molar refractivity (Wildman–Crippen MR) is 77.1 cm³/mol. The molecule has 1 saturated heterocycles. The minimum absolute atomic E-state index is 0.429. The molecule has 0 saturated carbocycles. The maximum Gasteiger partial charge on any atom is 0.0698 e. The standard InChI is InChI=1S/C14H24N2OS/c1-12(9-15-10-14-6-4-8-18-14)16-7-3-5-13(11-16)17-2/h4,6,8,12-13,15H,3,5,7,9-11H2,1-2H3. The molecule has 1 aromatic heterocycles. The van der Waals surface area contributed by atoms with Crippen molar-refractivity contribution in [3.63, 3.8) is 0 Å². The van der Waals surface area contributed by atoms with Gasteiger partial charge in [0.2, 0.25) is 0 Å². The van der Waals surface area contributed by atoms with Crippen molar-refractivity contribution < 1.29 is 4.74 Å². The molecular formula is C14H24N2OS. The Morgan fingerprint density at radius 3 is 3.22 bits per heavy atom. The first-order valence-corrected chi connectivity index (χ1v) is 7.67. The largest absolute Gasteiger partial charge is 0.380 e. The highest BCUT2D eigenvalue weighted by atomic mass is 32.1. The van der Waals surface area contributed by atoms with Crippen LogP contribution in [0.2, 0.25) is 0 Å². The SMILES string of the molecule is COC1CCCN(C(C)CNCc2cccs2)C1. The first-order valence-electron chi connectivity index (χ1n) is 6.79. The summed E-state index contributed by atoms with van der Waals surface area (Å²) in [5, 5.41) is 5.68. The number of ether oxygens (including phenoxy) is 1. The normalized spacial score (nSPS) is 23.1. The molecule has 2 atom stereocenters. The average molecular weight is 268 g/mol. The zero-order chi connectivity index (χ0) is 12.8. The van der Waals surface area contributed by atoms with Crippen molar-refractivity contribution in [3.05, 3.63) is 22.4 Å². The third-order valence-electron chi connectivity index (χ3n) is 3.69. The molecule has 0 bridgehead atoms. The second-order valence-corrected chi connectivity index (χ2v) is 6.09. The number of nitrogens with one attached hydrogen (secondary N) is 1. The molecule has 1 fully saturated rings. The molecule has 1 N–H and O–H groups in total. The summed E-state index contributed by atoms with van der Waals surface area (Å²) < 4.78 is 5.47. The summed E-state index contributed by atoms with van der Waals surface area (Å²) in [5.74, 6) is 0. The van der Waals surface area contributed by atoms with Crippen LogP contribution < -0.4 is 5.32 Å². The Morgan fingerprint density at radius 2 is 2.50 bits per heavy atom. The van der Waals surface area contributed by atoms with E-state index in [-0.39, 0.29) is 0 Å². The Bertz CT molecular complexity index is 329. The lowest BCUT2D eigenvalue weighted by Crippen LogP contribution is -2.47. The van der Waals surface area contributed by atoms with Gasteiger partial charge >= 0.3 is 0 Å². The van der Waals surface area contributed by atoms with Gasteiger partial charge in [0.05, 0.1) is 6.10 Å². The number of thiophene rings is 1. The van der Waals surface area contributed by atoms with Crippen LogP contribution in [-0.2, 0) is 11.3 Å². The first-order chi connectivity index (χ1) is 8.79. The fourth-order valence-corrected chi connectivity index (χ4v) is 3.18. The van der Waals surface area contributed by atoms with Crippen molar-refractivity contribution in [2.75, 3.05) is 26.7 Å². The van der Waals surface area contributed by atoms with E-state index in [4.69, 9.17) is 4.74 Å². The Labute approximate surface area is 114 Å². The zero-order valence-electron chi connectivity index (χ0n) is 11.4. The summed E-state index contributed by atoms with van der Waals surface area (Å²) in [6.07, 6.45) is 2.90. The fraction of sp³-hybridized carbons (Fsp3) is 0.714. The van der Waals surface area contributed by atoms with Crippen molar-refractivity contribution in [1.82, 2.24) is 10.2 Å². The molecule has 18 heavy (non-hydrogen) atoms. The lowest BCUT2D eigenvalue weighted by atomic mass is 10.1. The van der Waals surface area contributed by atoms with Gasteiger partial charge in [-0.05, 0) is 37.8 Å². The lowest BCUT2D eigenvalue weighted by molar-refractivity contribution is 0.0175. The molecule has 0 aliphatic carbocycles. The number of rotatable bonds is 6. The number of hydrogen-bond donors (Lipinski definition) is 1. The van der Waals surface area contributed by atoms with Gasteiger partial charge in [-0.2, -0.15) is 0 Å². The highest BCUT2D eigenvalue weighted by molar-refractivity contribution is 7.09. The summed E-state index contributed by atoms with van der Waals surface area (Å²) in [5.41, 5.74) is 0. The molecule has 0 radical (unpaired) electrons. The van der Waals surface area contributed by atoms with Gasteiger partial charge in [-0.15, -0.1) is 11.3 Å². The highest BCUT2D eigenvalue weighted by Crippen LogP contribution is 2.15. The minimum atomic E-state index is 0.429. The Morgan fingerprint density at radius 1 is 1.61 bits per heavy atom. The van der Waals surface area contributed by atoms with Gasteiger partial charge in [-0.25, -0.2) is 0 Å². The van der Waals surface area contributed by atoms with E-state index in [1.54, 1.807) is 0 Å². The van der Waals surface area contributed by atoms with E-state index >= 15 is 0 Å². The van der Waals surface area contributed by atoms with Gasteiger partial charge in [0.1, 0.15) is 0 Å². The maximum absolute atomic E-state index is 5.47. The molecule has 4 heteroatoms. The van der Waals surface area contributed by atoms with E-state index in [1.165, 1.54) is 24.3 Å². The van der Waals surface area contributed by atoms with Crippen LogP contribution >= 0.6 is 11.3 Å². The molecule has 1 aromatic rings. The topological polar surface area (TPSA) is 24.5 Å². The summed E-state index contributed by atoms with van der Waals surface area (Å²) in [7, 11) is 1.83. The molecule has 0 spiro atoms. The smallest absolute Gasteiger partial charge is 0.0698 e. The van der Waals surface area contributed by atoms with Crippen LogP contribution in [0.5, 0.6) is 0 Å². The Balaban J connectivity index is 1.68. The predicted octanol–water partition coefficient (Wildman–Crippen LogP) is 2.34. The van der Waals surface area contributed by atoms with E-state index in [2.05, 4.69) is 34.7 Å². The molecule has 1 aliphatic rings. The summed E-state index contributed by atoms with van der Waals surface area (Å²) in [6, 6.07) is 4.88. The fourth-order valence-electron chi connectivity index (χ4n) is 2.51. The average Bonchev–Trinajstić information content (AvgIpc) is 2.92. The zero-order valence-corrected chi connectivity index (χ0v) is 12.2. The van der Waals surface area contributed by atoms with Crippen LogP contribution in [0, 0.1) is 0 Å². The van der Waals surface area contributed by atoms with E-state index in [9.17, 15) is 0 Å². The van der Waals surface area contributed by atoms with Gasteiger partial charge in [0.15, 0.2) is 0 Å². The van der Waals surface area contributed by atoms with Crippen molar-refractivity contribution in [3.8, 4) is 0 Å². The van der Waals surface area contributed by atoms with Crippen molar-refractivity contribution in [2.45, 2.75) is 38.5 Å². The van der Waals surface area contributed by atoms with Crippen LogP contribution in [0.15, 0.2) is 17.5 Å². The molecule has 2 heterocycles. The van der Waals surface area contributed by atoms with Crippen LogP contribution in [0.25, 0.3) is 0 Å². The molecule has 1 aliphatic heterocycles. The van der Waals surface area contributed by atoms with Gasteiger partial charge in [0, 0.05) is 37.7 Å². The van der Waals surface area contributed by atoms with Crippen LogP contribution in [0.1, 0.15) is 24.6 Å². The second-order valence-electron chi connectivity index (χ2n) is 5.05. The molecule has 2 rings (SSSR count). The number of methoxy groups -OCH3 is 1. The van der Waals surface area contributed by atoms with Crippen LogP contribution in [-0.4, -0.2) is 43.8 Å². The Hall–Kier alpha value is -0.420. The van der Waals surface area contributed by atoms with E-state index in [0.717, 1.165) is 19.6 Å². The molecule has 0 aromatic carbocycles. The number of piperidine rings is 1.